The summed E-state index contributed by atoms with van der Waals surface area (Å²) in [7, 11) is 2.69. The molecule has 2 atom stereocenters. The van der Waals surface area contributed by atoms with Crippen molar-refractivity contribution in [3.63, 3.8) is 0 Å². The highest BCUT2D eigenvalue weighted by atomic mass is 16.5. The minimum atomic E-state index is -1.13. The van der Waals surface area contributed by atoms with Gasteiger partial charge in [-0.1, -0.05) is 6.07 Å². The summed E-state index contributed by atoms with van der Waals surface area (Å²) in [6.07, 6.45) is -2.15. The molecule has 0 bridgehead atoms. The zero-order valence-electron chi connectivity index (χ0n) is 13.4. The van der Waals surface area contributed by atoms with Crippen LogP contribution in [0.15, 0.2) is 24.3 Å². The standard InChI is InChI=1S/C17H16O8/c1-23-11-4-3-7(5-8(11)18)15-17(24-2)14(22)12-9(19)6-10(20)13(21)16(12)25-15/h3-6,15,17-21H,1-2H3/t15-,17-/m0/s1. The molecule has 2 aromatic carbocycles. The average molecular weight is 348 g/mol. The summed E-state index contributed by atoms with van der Waals surface area (Å²) >= 11 is 0. The SMILES string of the molecule is COc1ccc([C@@H]2Oc3c(O)c(O)cc(O)c3C(=O)[C@@H]2OC)cc1O. The molecule has 2 aromatic rings. The molecule has 132 valence electrons. The number of Topliss-reactive ketones (excluding diaryl/α,β-unsaturated/α-hetero) is 1. The Labute approximate surface area is 142 Å². The number of aromatic hydroxyl groups is 4. The van der Waals surface area contributed by atoms with Crippen LogP contribution in [0.3, 0.4) is 0 Å². The number of fused-ring (bicyclic) bond motifs is 1. The number of methoxy groups -OCH3 is 2. The van der Waals surface area contributed by atoms with E-state index in [4.69, 9.17) is 14.2 Å². The van der Waals surface area contributed by atoms with Crippen LogP contribution in [0.4, 0.5) is 0 Å². The minimum Gasteiger partial charge on any atom is -0.507 e. The van der Waals surface area contributed by atoms with Gasteiger partial charge < -0.3 is 34.6 Å². The van der Waals surface area contributed by atoms with E-state index in [0.717, 1.165) is 6.07 Å². The fourth-order valence-electron chi connectivity index (χ4n) is 2.80. The zero-order chi connectivity index (χ0) is 18.3. The van der Waals surface area contributed by atoms with E-state index in [0.29, 0.717) is 5.56 Å². The monoisotopic (exact) mass is 348 g/mol. The first-order valence-electron chi connectivity index (χ1n) is 7.27. The molecule has 0 aromatic heterocycles. The molecule has 0 saturated carbocycles. The second kappa shape index (κ2) is 6.06. The van der Waals surface area contributed by atoms with Crippen molar-refractivity contribution in [2.75, 3.05) is 14.2 Å². The van der Waals surface area contributed by atoms with Crippen LogP contribution in [0, 0.1) is 0 Å². The number of rotatable bonds is 3. The maximum absolute atomic E-state index is 12.7. The third-order valence-corrected chi connectivity index (χ3v) is 4.02. The van der Waals surface area contributed by atoms with E-state index in [1.807, 2.05) is 0 Å². The number of phenolic OH excluding ortho intramolecular Hbond substituents is 4. The maximum Gasteiger partial charge on any atom is 0.203 e. The second-order valence-corrected chi connectivity index (χ2v) is 5.46. The van der Waals surface area contributed by atoms with Crippen molar-refractivity contribution in [3.8, 4) is 34.5 Å². The van der Waals surface area contributed by atoms with Crippen molar-refractivity contribution < 1.29 is 39.4 Å². The highest BCUT2D eigenvalue weighted by molar-refractivity contribution is 6.06. The van der Waals surface area contributed by atoms with Crippen molar-refractivity contribution in [2.24, 2.45) is 0 Å². The Morgan fingerprint density at radius 3 is 2.32 bits per heavy atom. The normalized spacial score (nSPS) is 19.2. The van der Waals surface area contributed by atoms with E-state index in [1.54, 1.807) is 6.07 Å². The molecule has 25 heavy (non-hydrogen) atoms. The number of benzene rings is 2. The van der Waals surface area contributed by atoms with E-state index in [2.05, 4.69) is 0 Å². The molecule has 1 aliphatic rings. The quantitative estimate of drug-likeness (QED) is 0.489. The molecule has 0 spiro atoms. The predicted molar refractivity (Wildman–Crippen MR) is 84.6 cm³/mol. The minimum absolute atomic E-state index is 0.167. The van der Waals surface area contributed by atoms with Gasteiger partial charge in [-0.2, -0.15) is 0 Å². The first kappa shape index (κ1) is 16.7. The average Bonchev–Trinajstić information content (AvgIpc) is 2.58. The Balaban J connectivity index is 2.13. The molecular formula is C17H16O8. The molecule has 8 heteroatoms. The Bertz CT molecular complexity index is 845. The van der Waals surface area contributed by atoms with E-state index >= 15 is 0 Å². The summed E-state index contributed by atoms with van der Waals surface area (Å²) in [6, 6.07) is 5.24. The van der Waals surface area contributed by atoms with Crippen LogP contribution in [0.5, 0.6) is 34.5 Å². The van der Waals surface area contributed by atoms with Gasteiger partial charge in [-0.3, -0.25) is 4.79 Å². The van der Waals surface area contributed by atoms with Crippen LogP contribution in [-0.4, -0.2) is 46.5 Å². The van der Waals surface area contributed by atoms with Gasteiger partial charge in [0.2, 0.25) is 11.5 Å². The highest BCUT2D eigenvalue weighted by Gasteiger charge is 2.42. The van der Waals surface area contributed by atoms with Crippen molar-refractivity contribution in [1.29, 1.82) is 0 Å². The van der Waals surface area contributed by atoms with Crippen molar-refractivity contribution in [2.45, 2.75) is 12.2 Å². The first-order chi connectivity index (χ1) is 11.9. The third kappa shape index (κ3) is 2.56. The highest BCUT2D eigenvalue weighted by Crippen LogP contribution is 2.49. The van der Waals surface area contributed by atoms with Crippen molar-refractivity contribution in [1.82, 2.24) is 0 Å². The molecule has 0 amide bonds. The third-order valence-electron chi connectivity index (χ3n) is 4.02. The smallest absolute Gasteiger partial charge is 0.203 e. The van der Waals surface area contributed by atoms with Gasteiger partial charge in [0.05, 0.1) is 7.11 Å². The van der Waals surface area contributed by atoms with Gasteiger partial charge in [0.25, 0.3) is 0 Å². The molecule has 0 saturated heterocycles. The summed E-state index contributed by atoms with van der Waals surface area (Å²) in [6.45, 7) is 0. The van der Waals surface area contributed by atoms with Gasteiger partial charge in [0.15, 0.2) is 35.2 Å². The number of ketones is 1. The number of hydrogen-bond donors (Lipinski definition) is 4. The second-order valence-electron chi connectivity index (χ2n) is 5.46. The van der Waals surface area contributed by atoms with E-state index in [9.17, 15) is 25.2 Å². The van der Waals surface area contributed by atoms with Gasteiger partial charge in [-0.05, 0) is 17.7 Å². The summed E-state index contributed by atoms with van der Waals surface area (Å²) in [5.74, 6) is -2.74. The molecule has 4 N–H and O–H groups in total. The number of carbonyl (C=O) groups is 1. The summed E-state index contributed by atoms with van der Waals surface area (Å²) in [5, 5.41) is 39.5. The molecule has 3 rings (SSSR count). The lowest BCUT2D eigenvalue weighted by Crippen LogP contribution is -2.37. The van der Waals surface area contributed by atoms with Gasteiger partial charge >= 0.3 is 0 Å². The van der Waals surface area contributed by atoms with Crippen molar-refractivity contribution in [3.05, 3.63) is 35.4 Å². The van der Waals surface area contributed by atoms with Crippen LogP contribution in [-0.2, 0) is 4.74 Å². The number of carbonyl (C=O) groups excluding carboxylic acids is 1. The van der Waals surface area contributed by atoms with Crippen LogP contribution in [0.25, 0.3) is 0 Å². The molecule has 1 heterocycles. The number of phenols is 4. The largest absolute Gasteiger partial charge is 0.507 e. The number of ether oxygens (including phenoxy) is 3. The molecule has 0 aliphatic carbocycles. The molecule has 0 fully saturated rings. The van der Waals surface area contributed by atoms with Gasteiger partial charge in [-0.25, -0.2) is 0 Å². The predicted octanol–water partition coefficient (Wildman–Crippen LogP) is 1.85. The van der Waals surface area contributed by atoms with Crippen molar-refractivity contribution >= 4 is 5.78 Å². The Kier molecular flexibility index (Phi) is 4.05. The molecular weight excluding hydrogens is 332 g/mol. The lowest BCUT2D eigenvalue weighted by Gasteiger charge is -2.32. The molecule has 0 unspecified atom stereocenters. The molecule has 1 aliphatic heterocycles. The molecule has 8 nitrogen and oxygen atoms in total. The zero-order valence-corrected chi connectivity index (χ0v) is 13.4. The fraction of sp³-hybridized carbons (Fsp3) is 0.235. The maximum atomic E-state index is 12.7. The van der Waals surface area contributed by atoms with Gasteiger partial charge in [0.1, 0.15) is 11.3 Å². The van der Waals surface area contributed by atoms with Gasteiger partial charge in [0, 0.05) is 13.2 Å². The number of hydrogen-bond acceptors (Lipinski definition) is 8. The first-order valence-corrected chi connectivity index (χ1v) is 7.27. The fourth-order valence-corrected chi connectivity index (χ4v) is 2.80. The summed E-state index contributed by atoms with van der Waals surface area (Å²) < 4.78 is 15.8. The van der Waals surface area contributed by atoms with Crippen LogP contribution in [0.1, 0.15) is 22.0 Å². The van der Waals surface area contributed by atoms with E-state index < -0.39 is 35.2 Å². The van der Waals surface area contributed by atoms with Gasteiger partial charge in [-0.15, -0.1) is 0 Å². The van der Waals surface area contributed by atoms with E-state index in [1.165, 1.54) is 26.4 Å². The van der Waals surface area contributed by atoms with Crippen LogP contribution >= 0.6 is 0 Å². The summed E-state index contributed by atoms with van der Waals surface area (Å²) in [5.41, 5.74) is 0.0996. The lowest BCUT2D eigenvalue weighted by atomic mass is 9.92. The Hall–Kier alpha value is -3.13. The molecule has 0 radical (unpaired) electrons. The Morgan fingerprint density at radius 2 is 1.72 bits per heavy atom. The van der Waals surface area contributed by atoms with Crippen LogP contribution < -0.4 is 9.47 Å². The van der Waals surface area contributed by atoms with E-state index in [-0.39, 0.29) is 22.8 Å². The van der Waals surface area contributed by atoms with Crippen LogP contribution in [0.2, 0.25) is 0 Å². The Morgan fingerprint density at radius 1 is 1.00 bits per heavy atom. The topological polar surface area (TPSA) is 126 Å². The summed E-state index contributed by atoms with van der Waals surface area (Å²) in [4.78, 5) is 12.7. The lowest BCUT2D eigenvalue weighted by molar-refractivity contribution is -0.00225.